The number of benzene rings is 1. The van der Waals surface area contributed by atoms with E-state index in [1.54, 1.807) is 6.08 Å². The van der Waals surface area contributed by atoms with Crippen molar-refractivity contribution < 1.29 is 14.0 Å². The molecule has 0 heterocycles. The Hall–Kier alpha value is -0.900. The highest BCUT2D eigenvalue weighted by atomic mass is 35.5. The van der Waals surface area contributed by atoms with E-state index in [0.29, 0.717) is 6.42 Å². The van der Waals surface area contributed by atoms with Gasteiger partial charge in [0, 0.05) is 24.3 Å². The maximum absolute atomic E-state index is 14.4. The van der Waals surface area contributed by atoms with Gasteiger partial charge in [0.2, 0.25) is 0 Å². The fourth-order valence-corrected chi connectivity index (χ4v) is 3.45. The minimum Gasteiger partial charge on any atom is -0.294 e. The smallest absolute Gasteiger partial charge is 0.166 e. The van der Waals surface area contributed by atoms with Gasteiger partial charge in [0.15, 0.2) is 11.6 Å². The van der Waals surface area contributed by atoms with Crippen molar-refractivity contribution in [1.82, 2.24) is 0 Å². The third-order valence-electron chi connectivity index (χ3n) is 3.94. The largest absolute Gasteiger partial charge is 0.294 e. The number of hydrogen-bond acceptors (Lipinski definition) is 2. The van der Waals surface area contributed by atoms with E-state index in [9.17, 15) is 14.0 Å². The number of hydrogen-bond donors (Lipinski definition) is 0. The molecule has 0 atom stereocenters. The molecule has 1 saturated carbocycles. The summed E-state index contributed by atoms with van der Waals surface area (Å²) in [5.74, 6) is -1.97. The summed E-state index contributed by atoms with van der Waals surface area (Å²) < 4.78 is 14.4. The first-order valence-corrected chi connectivity index (χ1v) is 8.74. The Morgan fingerprint density at radius 1 is 1.12 bits per heavy atom. The van der Waals surface area contributed by atoms with Crippen molar-refractivity contribution in [2.45, 2.75) is 46.0 Å². The van der Waals surface area contributed by atoms with Crippen molar-refractivity contribution in [1.29, 1.82) is 0 Å². The van der Waals surface area contributed by atoms with Gasteiger partial charge in [0.05, 0.1) is 20.6 Å². The summed E-state index contributed by atoms with van der Waals surface area (Å²) >= 11 is 17.8. The molecule has 24 heavy (non-hydrogen) atoms. The molecule has 0 N–H and O–H groups in total. The number of carbonyl (C=O) groups is 2. The Kier molecular flexibility index (Phi) is 5.79. The molecule has 2 rings (SSSR count). The molecule has 0 radical (unpaired) electrons. The van der Waals surface area contributed by atoms with Gasteiger partial charge < -0.3 is 0 Å². The Balaban J connectivity index is 2.34. The fraction of sp³-hybridized carbons (Fsp3) is 0.444. The van der Waals surface area contributed by atoms with Gasteiger partial charge in [0.1, 0.15) is 5.82 Å². The number of rotatable bonds is 2. The monoisotopic (exact) mass is 390 g/mol. The van der Waals surface area contributed by atoms with Crippen molar-refractivity contribution >= 4 is 46.4 Å². The van der Waals surface area contributed by atoms with Crippen LogP contribution in [0.5, 0.6) is 0 Å². The van der Waals surface area contributed by atoms with Crippen LogP contribution >= 0.6 is 34.8 Å². The van der Waals surface area contributed by atoms with E-state index in [4.69, 9.17) is 34.8 Å². The van der Waals surface area contributed by atoms with Gasteiger partial charge in [-0.3, -0.25) is 9.59 Å². The molecule has 2 nitrogen and oxygen atoms in total. The van der Waals surface area contributed by atoms with Crippen molar-refractivity contribution in [2.24, 2.45) is 5.41 Å². The number of allylic oxidation sites excluding steroid dienone is 2. The zero-order chi connectivity index (χ0) is 18.2. The quantitative estimate of drug-likeness (QED) is 0.343. The van der Waals surface area contributed by atoms with Gasteiger partial charge in [-0.2, -0.15) is 0 Å². The summed E-state index contributed by atoms with van der Waals surface area (Å²) in [4.78, 5) is 24.8. The predicted octanol–water partition coefficient (Wildman–Crippen LogP) is 6.16. The van der Waals surface area contributed by atoms with E-state index in [1.807, 2.05) is 20.8 Å². The Bertz CT molecular complexity index is 687. The van der Waals surface area contributed by atoms with Gasteiger partial charge in [0.25, 0.3) is 0 Å². The summed E-state index contributed by atoms with van der Waals surface area (Å²) in [5.41, 5.74) is 0.219. The third-order valence-corrected chi connectivity index (χ3v) is 5.01. The molecule has 1 fully saturated rings. The first-order chi connectivity index (χ1) is 11.0. The fourth-order valence-electron chi connectivity index (χ4n) is 2.69. The Labute approximate surface area is 156 Å². The molecule has 0 aromatic heterocycles. The Morgan fingerprint density at radius 2 is 1.67 bits per heavy atom. The summed E-state index contributed by atoms with van der Waals surface area (Å²) in [5, 5.41) is -0.0632. The molecule has 0 saturated heterocycles. The van der Waals surface area contributed by atoms with Gasteiger partial charge in [-0.05, 0) is 17.9 Å². The molecule has 1 aromatic rings. The van der Waals surface area contributed by atoms with Crippen LogP contribution in [0.3, 0.4) is 0 Å². The summed E-state index contributed by atoms with van der Waals surface area (Å²) in [7, 11) is 0. The van der Waals surface area contributed by atoms with Crippen molar-refractivity contribution in [2.75, 3.05) is 0 Å². The SMILES string of the molecule is CC(C)(C)CC=C1C(=O)CC(c2c(F)c(Cl)cc(Cl)c2Cl)CC1=O. The topological polar surface area (TPSA) is 34.1 Å². The average Bonchev–Trinajstić information content (AvgIpc) is 2.43. The molecule has 130 valence electrons. The van der Waals surface area contributed by atoms with Crippen molar-refractivity contribution in [3.63, 3.8) is 0 Å². The van der Waals surface area contributed by atoms with Crippen LogP contribution in [-0.2, 0) is 9.59 Å². The molecule has 0 unspecified atom stereocenters. The van der Waals surface area contributed by atoms with Gasteiger partial charge >= 0.3 is 0 Å². The average molecular weight is 392 g/mol. The van der Waals surface area contributed by atoms with E-state index in [1.165, 1.54) is 6.07 Å². The van der Waals surface area contributed by atoms with Crippen LogP contribution in [0.2, 0.25) is 15.1 Å². The third kappa shape index (κ3) is 4.19. The lowest BCUT2D eigenvalue weighted by Gasteiger charge is -2.25. The number of halogens is 4. The lowest BCUT2D eigenvalue weighted by Crippen LogP contribution is -2.26. The van der Waals surface area contributed by atoms with Gasteiger partial charge in [-0.1, -0.05) is 61.7 Å². The second-order valence-electron chi connectivity index (χ2n) is 7.22. The highest BCUT2D eigenvalue weighted by Crippen LogP contribution is 2.42. The molecule has 6 heteroatoms. The maximum Gasteiger partial charge on any atom is 0.166 e. The molecule has 1 aliphatic carbocycles. The molecule has 0 amide bonds. The van der Waals surface area contributed by atoms with Gasteiger partial charge in [-0.25, -0.2) is 4.39 Å². The molecule has 1 aromatic carbocycles. The molecular formula is C18H18Cl3FO2. The summed E-state index contributed by atoms with van der Waals surface area (Å²) in [6, 6.07) is 1.21. The standard InChI is InChI=1S/C18H18Cl3FO2/c1-18(2,3)5-4-10-13(23)6-9(7-14(10)24)15-16(21)11(19)8-12(20)17(15)22/h4,8-9H,5-7H2,1-3H3. The first-order valence-electron chi connectivity index (χ1n) is 7.60. The number of ketones is 2. The van der Waals surface area contributed by atoms with Crippen molar-refractivity contribution in [3.05, 3.63) is 44.2 Å². The summed E-state index contributed by atoms with van der Waals surface area (Å²) in [6.07, 6.45) is 2.32. The molecule has 0 bridgehead atoms. The molecule has 0 spiro atoms. The first kappa shape index (κ1) is 19.4. The minimum absolute atomic E-state index is 0.00582. The van der Waals surface area contributed by atoms with Crippen LogP contribution in [0.15, 0.2) is 17.7 Å². The number of Topliss-reactive ketones (excluding diaryl/α,β-unsaturated/α-hetero) is 2. The van der Waals surface area contributed by atoms with E-state index < -0.39 is 11.7 Å². The second-order valence-corrected chi connectivity index (χ2v) is 8.41. The van der Waals surface area contributed by atoms with E-state index in [-0.39, 0.29) is 56.0 Å². The van der Waals surface area contributed by atoms with E-state index in [2.05, 4.69) is 0 Å². The number of carbonyl (C=O) groups excluding carboxylic acids is 2. The lowest BCUT2D eigenvalue weighted by atomic mass is 9.78. The maximum atomic E-state index is 14.4. The second kappa shape index (κ2) is 7.15. The lowest BCUT2D eigenvalue weighted by molar-refractivity contribution is -0.124. The van der Waals surface area contributed by atoms with Crippen LogP contribution in [0.25, 0.3) is 0 Å². The zero-order valence-corrected chi connectivity index (χ0v) is 15.9. The highest BCUT2D eigenvalue weighted by Gasteiger charge is 2.35. The summed E-state index contributed by atoms with van der Waals surface area (Å²) in [6.45, 7) is 6.06. The normalized spacial score (nSPS) is 19.0. The zero-order valence-electron chi connectivity index (χ0n) is 13.7. The van der Waals surface area contributed by atoms with Crippen LogP contribution < -0.4 is 0 Å². The van der Waals surface area contributed by atoms with Crippen molar-refractivity contribution in [3.8, 4) is 0 Å². The van der Waals surface area contributed by atoms with Gasteiger partial charge in [-0.15, -0.1) is 0 Å². The van der Waals surface area contributed by atoms with Crippen LogP contribution in [0.1, 0.15) is 51.5 Å². The molecule has 0 aliphatic heterocycles. The van der Waals surface area contributed by atoms with Crippen LogP contribution in [0.4, 0.5) is 4.39 Å². The van der Waals surface area contributed by atoms with Crippen LogP contribution in [0, 0.1) is 11.2 Å². The van der Waals surface area contributed by atoms with E-state index in [0.717, 1.165) is 0 Å². The van der Waals surface area contributed by atoms with Crippen LogP contribution in [-0.4, -0.2) is 11.6 Å². The highest BCUT2D eigenvalue weighted by molar-refractivity contribution is 6.43. The Morgan fingerprint density at radius 3 is 2.17 bits per heavy atom. The minimum atomic E-state index is -0.723. The molecule has 1 aliphatic rings. The predicted molar refractivity (Wildman–Crippen MR) is 95.6 cm³/mol. The molecular weight excluding hydrogens is 374 g/mol. The van der Waals surface area contributed by atoms with E-state index >= 15 is 0 Å².